The molecular weight excluding hydrogens is 258 g/mol. The summed E-state index contributed by atoms with van der Waals surface area (Å²) in [6.45, 7) is 5.40. The Balaban J connectivity index is 2.08. The zero-order chi connectivity index (χ0) is 14.2. The molecule has 0 radical (unpaired) electrons. The molecule has 8 nitrogen and oxygen atoms in total. The van der Waals surface area contributed by atoms with Crippen LogP contribution >= 0.6 is 0 Å². The number of nitrogens with one attached hydrogen (secondary N) is 3. The number of aromatic nitrogens is 3. The Hall–Kier alpha value is -2.64. The second-order valence-corrected chi connectivity index (χ2v) is 3.75. The van der Waals surface area contributed by atoms with Crippen LogP contribution in [0.25, 0.3) is 0 Å². The smallest absolute Gasteiger partial charge is 0.250 e. The maximum atomic E-state index is 5.13. The number of furan rings is 1. The fraction of sp³-hybridized carbons (Fsp3) is 0.333. The monoisotopic (exact) mass is 275 g/mol. The lowest BCUT2D eigenvalue weighted by atomic mass is 10.5. The zero-order valence-electron chi connectivity index (χ0n) is 11.4. The lowest BCUT2D eigenvalue weighted by Gasteiger charge is -2.07. The van der Waals surface area contributed by atoms with Gasteiger partial charge in [0.2, 0.25) is 17.8 Å². The summed E-state index contributed by atoms with van der Waals surface area (Å²) in [4.78, 5) is 12.6. The molecule has 0 aliphatic heterocycles. The van der Waals surface area contributed by atoms with Crippen molar-refractivity contribution >= 4 is 24.1 Å². The van der Waals surface area contributed by atoms with E-state index < -0.39 is 0 Å². The molecule has 2 heterocycles. The summed E-state index contributed by atoms with van der Waals surface area (Å²) >= 11 is 0. The molecule has 0 amide bonds. The highest BCUT2D eigenvalue weighted by Gasteiger charge is 2.04. The topological polar surface area (TPSA) is 100 Å². The minimum absolute atomic E-state index is 0.356. The van der Waals surface area contributed by atoms with E-state index in [9.17, 15) is 0 Å². The third kappa shape index (κ3) is 3.94. The van der Waals surface area contributed by atoms with E-state index >= 15 is 0 Å². The predicted molar refractivity (Wildman–Crippen MR) is 78.1 cm³/mol. The molecule has 106 valence electrons. The van der Waals surface area contributed by atoms with Crippen LogP contribution in [0.5, 0.6) is 0 Å². The minimum atomic E-state index is 0.356. The van der Waals surface area contributed by atoms with Crippen molar-refractivity contribution in [3.8, 4) is 0 Å². The summed E-state index contributed by atoms with van der Waals surface area (Å²) in [5, 5.41) is 10.1. The van der Waals surface area contributed by atoms with Crippen LogP contribution < -0.4 is 16.1 Å². The number of hydrogen-bond donors (Lipinski definition) is 3. The molecule has 0 atom stereocenters. The summed E-state index contributed by atoms with van der Waals surface area (Å²) in [5.74, 6) is 1.99. The van der Waals surface area contributed by atoms with Crippen molar-refractivity contribution in [3.05, 3.63) is 24.2 Å². The largest absolute Gasteiger partial charge is 0.463 e. The summed E-state index contributed by atoms with van der Waals surface area (Å²) in [5.41, 5.74) is 2.75. The Morgan fingerprint density at radius 1 is 1.10 bits per heavy atom. The molecule has 0 aromatic carbocycles. The first-order valence-corrected chi connectivity index (χ1v) is 6.38. The fourth-order valence-electron chi connectivity index (χ4n) is 1.42. The molecular formula is C12H17N7O. The van der Waals surface area contributed by atoms with Gasteiger partial charge in [-0.2, -0.15) is 20.1 Å². The molecule has 0 saturated carbocycles. The Kier molecular flexibility index (Phi) is 4.87. The molecule has 0 saturated heterocycles. The van der Waals surface area contributed by atoms with E-state index in [-0.39, 0.29) is 0 Å². The number of hydrazone groups is 1. The molecule has 3 N–H and O–H groups in total. The van der Waals surface area contributed by atoms with Crippen LogP contribution in [-0.2, 0) is 0 Å². The van der Waals surface area contributed by atoms with Crippen molar-refractivity contribution < 1.29 is 4.42 Å². The quantitative estimate of drug-likeness (QED) is 0.523. The van der Waals surface area contributed by atoms with Crippen molar-refractivity contribution in [2.75, 3.05) is 29.1 Å². The second kappa shape index (κ2) is 7.07. The van der Waals surface area contributed by atoms with Crippen LogP contribution in [0.15, 0.2) is 27.9 Å². The SMILES string of the molecule is CCNc1nc(NCC)nc(N/N=C/c2ccco2)n1. The maximum absolute atomic E-state index is 5.13. The highest BCUT2D eigenvalue weighted by Crippen LogP contribution is 2.09. The predicted octanol–water partition coefficient (Wildman–Crippen LogP) is 1.77. The average Bonchev–Trinajstić information content (AvgIpc) is 2.92. The summed E-state index contributed by atoms with van der Waals surface area (Å²) in [7, 11) is 0. The van der Waals surface area contributed by atoms with Crippen LogP contribution in [0.3, 0.4) is 0 Å². The highest BCUT2D eigenvalue weighted by molar-refractivity contribution is 5.76. The van der Waals surface area contributed by atoms with Crippen LogP contribution in [0.1, 0.15) is 19.6 Å². The average molecular weight is 275 g/mol. The van der Waals surface area contributed by atoms with Crippen LogP contribution in [0, 0.1) is 0 Å². The van der Waals surface area contributed by atoms with Crippen LogP contribution in [0.4, 0.5) is 17.8 Å². The van der Waals surface area contributed by atoms with Gasteiger partial charge >= 0.3 is 0 Å². The molecule has 0 unspecified atom stereocenters. The minimum Gasteiger partial charge on any atom is -0.463 e. The van der Waals surface area contributed by atoms with Crippen molar-refractivity contribution in [3.63, 3.8) is 0 Å². The Morgan fingerprint density at radius 3 is 2.30 bits per heavy atom. The number of nitrogens with zero attached hydrogens (tertiary/aromatic N) is 4. The van der Waals surface area contributed by atoms with Crippen LogP contribution in [-0.4, -0.2) is 34.3 Å². The third-order valence-corrected chi connectivity index (χ3v) is 2.20. The Labute approximate surface area is 116 Å². The molecule has 8 heteroatoms. The number of anilines is 3. The van der Waals surface area contributed by atoms with Crippen LogP contribution in [0.2, 0.25) is 0 Å². The van der Waals surface area contributed by atoms with Gasteiger partial charge in [-0.15, -0.1) is 0 Å². The zero-order valence-corrected chi connectivity index (χ0v) is 11.4. The molecule has 2 aromatic heterocycles. The van der Waals surface area contributed by atoms with Gasteiger partial charge in [0, 0.05) is 13.1 Å². The van der Waals surface area contributed by atoms with Gasteiger partial charge in [0.05, 0.1) is 12.5 Å². The highest BCUT2D eigenvalue weighted by atomic mass is 16.3. The second-order valence-electron chi connectivity index (χ2n) is 3.75. The number of rotatable bonds is 7. The van der Waals surface area contributed by atoms with Gasteiger partial charge < -0.3 is 15.1 Å². The molecule has 0 fully saturated rings. The van der Waals surface area contributed by atoms with Gasteiger partial charge in [0.25, 0.3) is 0 Å². The summed E-state index contributed by atoms with van der Waals surface area (Å²) < 4.78 is 5.13. The van der Waals surface area contributed by atoms with E-state index in [2.05, 4.69) is 36.1 Å². The van der Waals surface area contributed by atoms with Crippen molar-refractivity contribution in [2.24, 2.45) is 5.10 Å². The van der Waals surface area contributed by atoms with E-state index in [1.807, 2.05) is 13.8 Å². The first-order chi connectivity index (χ1) is 9.81. The van der Waals surface area contributed by atoms with Crippen molar-refractivity contribution in [1.29, 1.82) is 0 Å². The van der Waals surface area contributed by atoms with E-state index in [1.165, 1.54) is 0 Å². The third-order valence-electron chi connectivity index (χ3n) is 2.20. The Bertz CT molecular complexity index is 529. The standard InChI is InChI=1S/C12H17N7O/c1-3-13-10-16-11(14-4-2)18-12(17-10)19-15-8-9-6-5-7-20-9/h5-8H,3-4H2,1-2H3,(H3,13,14,16,17,18,19)/b15-8+. The maximum Gasteiger partial charge on any atom is 0.250 e. The molecule has 0 aliphatic carbocycles. The van der Waals surface area contributed by atoms with E-state index in [1.54, 1.807) is 24.6 Å². The first kappa shape index (κ1) is 13.8. The molecule has 2 aromatic rings. The van der Waals surface area contributed by atoms with E-state index in [4.69, 9.17) is 4.42 Å². The van der Waals surface area contributed by atoms with Gasteiger partial charge in [-0.1, -0.05) is 0 Å². The van der Waals surface area contributed by atoms with Gasteiger partial charge in [0.15, 0.2) is 0 Å². The first-order valence-electron chi connectivity index (χ1n) is 6.38. The van der Waals surface area contributed by atoms with E-state index in [0.29, 0.717) is 23.6 Å². The lowest BCUT2D eigenvalue weighted by molar-refractivity contribution is 0.560. The van der Waals surface area contributed by atoms with Gasteiger partial charge in [-0.3, -0.25) is 0 Å². The van der Waals surface area contributed by atoms with Gasteiger partial charge in [0.1, 0.15) is 5.76 Å². The molecule has 0 spiro atoms. The Morgan fingerprint density at radius 2 is 1.75 bits per heavy atom. The molecule has 20 heavy (non-hydrogen) atoms. The van der Waals surface area contributed by atoms with Gasteiger partial charge in [-0.05, 0) is 26.0 Å². The fourth-order valence-corrected chi connectivity index (χ4v) is 1.42. The normalized spacial score (nSPS) is 10.7. The van der Waals surface area contributed by atoms with Crippen molar-refractivity contribution in [1.82, 2.24) is 15.0 Å². The van der Waals surface area contributed by atoms with Crippen molar-refractivity contribution in [2.45, 2.75) is 13.8 Å². The lowest BCUT2D eigenvalue weighted by Crippen LogP contribution is -2.10. The van der Waals surface area contributed by atoms with E-state index in [0.717, 1.165) is 13.1 Å². The summed E-state index contributed by atoms with van der Waals surface area (Å²) in [6, 6.07) is 3.59. The molecule has 0 bridgehead atoms. The number of hydrogen-bond acceptors (Lipinski definition) is 8. The molecule has 0 aliphatic rings. The summed E-state index contributed by atoms with van der Waals surface area (Å²) in [6.07, 6.45) is 3.13. The van der Waals surface area contributed by atoms with Gasteiger partial charge in [-0.25, -0.2) is 5.43 Å². The molecule has 2 rings (SSSR count).